The maximum absolute atomic E-state index is 11.4. The largest absolute Gasteiger partial charge is 1.00 e. The minimum absolute atomic E-state index is 0. The van der Waals surface area contributed by atoms with Crippen LogP contribution in [0, 0.1) is 0 Å². The predicted octanol–water partition coefficient (Wildman–Crippen LogP) is -3.10. The Kier molecular flexibility index (Phi) is 9.89. The van der Waals surface area contributed by atoms with E-state index in [4.69, 9.17) is 9.05 Å². The van der Waals surface area contributed by atoms with Crippen LogP contribution in [-0.4, -0.2) is 77.6 Å². The van der Waals surface area contributed by atoms with Crippen molar-refractivity contribution >= 4 is 7.82 Å². The van der Waals surface area contributed by atoms with Gasteiger partial charge in [0.15, 0.2) is 0 Å². The normalized spacial score (nSPS) is 13.3. The summed E-state index contributed by atoms with van der Waals surface area (Å²) in [6.45, 7) is 1.53. The van der Waals surface area contributed by atoms with Crippen LogP contribution in [0.5, 0.6) is 0 Å². The second kappa shape index (κ2) is 8.35. The molecule has 0 saturated heterocycles. The summed E-state index contributed by atoms with van der Waals surface area (Å²) >= 11 is 0. The van der Waals surface area contributed by atoms with Gasteiger partial charge in [0.25, 0.3) is 7.82 Å². The van der Waals surface area contributed by atoms with Gasteiger partial charge in [0.1, 0.15) is 26.3 Å². The third-order valence-corrected chi connectivity index (χ3v) is 3.02. The van der Waals surface area contributed by atoms with Crippen LogP contribution in [0.15, 0.2) is 0 Å². The number of nitrogens with zero attached hydrogens (tertiary/aromatic N) is 2. The first kappa shape index (κ1) is 21.3. The molecular weight excluding hydrogens is 266 g/mol. The molecular formula is C10H26N2NaO4P+2. The van der Waals surface area contributed by atoms with E-state index >= 15 is 0 Å². The van der Waals surface area contributed by atoms with E-state index in [0.29, 0.717) is 22.1 Å². The number of hydrogen-bond donors (Lipinski definition) is 0. The zero-order valence-electron chi connectivity index (χ0n) is 12.8. The van der Waals surface area contributed by atoms with Crippen LogP contribution in [0.4, 0.5) is 0 Å². The van der Waals surface area contributed by atoms with Crippen LogP contribution in [0.25, 0.3) is 0 Å². The van der Waals surface area contributed by atoms with E-state index in [0.717, 1.165) is 0 Å². The molecule has 0 aliphatic carbocycles. The fourth-order valence-corrected chi connectivity index (χ4v) is 1.58. The molecule has 0 aromatic heterocycles. The number of quaternary nitrogens is 2. The molecule has 0 N–H and O–H groups in total. The van der Waals surface area contributed by atoms with Gasteiger partial charge in [-0.05, 0) is 0 Å². The minimum Gasteiger partial charge on any atom is -0.756 e. The van der Waals surface area contributed by atoms with Gasteiger partial charge >= 0.3 is 29.6 Å². The molecule has 0 radical (unpaired) electrons. The molecule has 104 valence electrons. The van der Waals surface area contributed by atoms with Gasteiger partial charge in [-0.3, -0.25) is 4.57 Å². The van der Waals surface area contributed by atoms with Gasteiger partial charge in [-0.1, -0.05) is 0 Å². The van der Waals surface area contributed by atoms with Crippen molar-refractivity contribution in [2.24, 2.45) is 0 Å². The number of phosphoric ester groups is 1. The average molecular weight is 292 g/mol. The third kappa shape index (κ3) is 15.1. The van der Waals surface area contributed by atoms with Crippen molar-refractivity contribution < 1.29 is 57.0 Å². The topological polar surface area (TPSA) is 58.6 Å². The first-order valence-electron chi connectivity index (χ1n) is 5.62. The molecule has 0 heterocycles. The third-order valence-electron chi connectivity index (χ3n) is 2.02. The van der Waals surface area contributed by atoms with Gasteiger partial charge in [-0.2, -0.15) is 0 Å². The molecule has 0 aliphatic rings. The van der Waals surface area contributed by atoms with E-state index in [1.54, 1.807) is 0 Å². The summed E-state index contributed by atoms with van der Waals surface area (Å²) in [7, 11) is 7.68. The Labute approximate surface area is 133 Å². The molecule has 18 heavy (non-hydrogen) atoms. The monoisotopic (exact) mass is 292 g/mol. The summed E-state index contributed by atoms with van der Waals surface area (Å²) in [5, 5.41) is 0. The molecule has 0 amide bonds. The molecule has 0 unspecified atom stereocenters. The molecule has 0 spiro atoms. The molecule has 8 heteroatoms. The van der Waals surface area contributed by atoms with Crippen LogP contribution >= 0.6 is 7.82 Å². The van der Waals surface area contributed by atoms with Gasteiger partial charge in [0, 0.05) is 0 Å². The second-order valence-corrected chi connectivity index (χ2v) is 7.55. The van der Waals surface area contributed by atoms with Crippen LogP contribution in [0.3, 0.4) is 0 Å². The molecule has 0 atom stereocenters. The second-order valence-electron chi connectivity index (χ2n) is 6.14. The van der Waals surface area contributed by atoms with Gasteiger partial charge in [0.05, 0.1) is 42.3 Å². The van der Waals surface area contributed by atoms with Crippen molar-refractivity contribution in [3.8, 4) is 0 Å². The van der Waals surface area contributed by atoms with Crippen molar-refractivity contribution in [2.45, 2.75) is 0 Å². The Hall–Kier alpha value is 1.03. The number of rotatable bonds is 8. The number of hydrogen-bond acceptors (Lipinski definition) is 4. The Bertz CT molecular complexity index is 252. The fourth-order valence-electron chi connectivity index (χ4n) is 0.890. The Morgan fingerprint density at radius 1 is 0.889 bits per heavy atom. The van der Waals surface area contributed by atoms with Crippen molar-refractivity contribution in [3.63, 3.8) is 0 Å². The summed E-state index contributed by atoms with van der Waals surface area (Å²) in [5.74, 6) is 0. The van der Waals surface area contributed by atoms with E-state index < -0.39 is 7.82 Å². The minimum atomic E-state index is -4.13. The molecule has 0 aromatic rings. The molecule has 0 fully saturated rings. The Morgan fingerprint density at radius 2 is 1.17 bits per heavy atom. The van der Waals surface area contributed by atoms with E-state index in [9.17, 15) is 9.46 Å². The number of phosphoric acid groups is 1. The van der Waals surface area contributed by atoms with E-state index in [2.05, 4.69) is 0 Å². The quantitative estimate of drug-likeness (QED) is 0.270. The summed E-state index contributed by atoms with van der Waals surface area (Å²) in [6.07, 6.45) is 0. The van der Waals surface area contributed by atoms with Gasteiger partial charge < -0.3 is 22.9 Å². The predicted molar refractivity (Wildman–Crippen MR) is 65.3 cm³/mol. The number of likely N-dealkylation sites (N-methyl/N-ethyl adjacent to an activating group) is 2. The van der Waals surface area contributed by atoms with Gasteiger partial charge in [-0.25, -0.2) is 0 Å². The molecule has 6 nitrogen and oxygen atoms in total. The molecule has 0 aromatic carbocycles. The summed E-state index contributed by atoms with van der Waals surface area (Å²) < 4.78 is 22.2. The van der Waals surface area contributed by atoms with Crippen LogP contribution in [-0.2, 0) is 13.6 Å². The zero-order valence-corrected chi connectivity index (χ0v) is 15.7. The molecule has 0 bridgehead atoms. The van der Waals surface area contributed by atoms with Gasteiger partial charge in [-0.15, -0.1) is 0 Å². The smallest absolute Gasteiger partial charge is 0.756 e. The first-order chi connectivity index (χ1) is 7.41. The fraction of sp³-hybridized carbons (Fsp3) is 1.00. The maximum Gasteiger partial charge on any atom is 1.00 e. The zero-order chi connectivity index (χ0) is 13.7. The Morgan fingerprint density at radius 3 is 1.39 bits per heavy atom. The summed E-state index contributed by atoms with van der Waals surface area (Å²) in [5.41, 5.74) is 0. The van der Waals surface area contributed by atoms with Crippen LogP contribution < -0.4 is 34.5 Å². The van der Waals surface area contributed by atoms with Crippen LogP contribution in [0.1, 0.15) is 0 Å². The standard InChI is InChI=1S/C10H26N2O4P.Na/c1-11(2,3)7-9-15-17(13,14)16-10-8-12(4,5)6;/h7-10H2,1-6H3;/q2*+1. The first-order valence-corrected chi connectivity index (χ1v) is 7.08. The van der Waals surface area contributed by atoms with Crippen molar-refractivity contribution in [3.05, 3.63) is 0 Å². The Balaban J connectivity index is 0. The van der Waals surface area contributed by atoms with Crippen LogP contribution in [0.2, 0.25) is 0 Å². The average Bonchev–Trinajstić information content (AvgIpc) is 1.96. The van der Waals surface area contributed by atoms with Crippen molar-refractivity contribution in [2.75, 3.05) is 68.6 Å². The van der Waals surface area contributed by atoms with E-state index in [1.165, 1.54) is 0 Å². The van der Waals surface area contributed by atoms with E-state index in [1.807, 2.05) is 42.3 Å². The summed E-state index contributed by atoms with van der Waals surface area (Å²) in [4.78, 5) is 11.4. The van der Waals surface area contributed by atoms with E-state index in [-0.39, 0.29) is 42.8 Å². The van der Waals surface area contributed by atoms with Crippen molar-refractivity contribution in [1.82, 2.24) is 0 Å². The van der Waals surface area contributed by atoms with Gasteiger partial charge in [0.2, 0.25) is 0 Å². The molecule has 0 aliphatic heterocycles. The van der Waals surface area contributed by atoms with Crippen molar-refractivity contribution in [1.29, 1.82) is 0 Å². The molecule has 0 rings (SSSR count). The summed E-state index contributed by atoms with van der Waals surface area (Å²) in [6, 6.07) is 0. The maximum atomic E-state index is 11.4. The SMILES string of the molecule is C[N+](C)(C)CCOP(=O)([O-])OCC[N+](C)(C)C.[Na+]. The molecule has 0 saturated carbocycles.